The molecule has 0 fully saturated rings. The molecule has 4 nitrogen and oxygen atoms in total. The van der Waals surface area contributed by atoms with E-state index < -0.39 is 0 Å². The molecule has 1 atom stereocenters. The van der Waals surface area contributed by atoms with Gasteiger partial charge in [0.2, 0.25) is 0 Å². The third kappa shape index (κ3) is 3.20. The minimum atomic E-state index is 0.345. The normalized spacial score (nSPS) is 13.1. The summed E-state index contributed by atoms with van der Waals surface area (Å²) < 4.78 is 0. The van der Waals surface area contributed by atoms with E-state index in [1.54, 1.807) is 6.20 Å². The number of para-hydroxylation sites is 1. The number of nitrogens with zero attached hydrogens (tertiary/aromatic N) is 2. The zero-order valence-electron chi connectivity index (χ0n) is 12.7. The first-order valence-electron chi connectivity index (χ1n) is 7.03. The van der Waals surface area contributed by atoms with Crippen molar-refractivity contribution >= 4 is 22.3 Å². The number of nitrogens with one attached hydrogen (secondary N) is 1. The van der Waals surface area contributed by atoms with Crippen molar-refractivity contribution in [3.05, 3.63) is 30.5 Å². The fourth-order valence-electron chi connectivity index (χ4n) is 2.32. The maximum atomic E-state index is 6.13. The zero-order chi connectivity index (χ0) is 14.7. The molecule has 1 aromatic carbocycles. The van der Waals surface area contributed by atoms with E-state index in [4.69, 9.17) is 5.73 Å². The Morgan fingerprint density at radius 1 is 1.25 bits per heavy atom. The van der Waals surface area contributed by atoms with Gasteiger partial charge in [-0.2, -0.15) is 0 Å². The van der Waals surface area contributed by atoms with Crippen molar-refractivity contribution in [3.8, 4) is 0 Å². The number of fused-ring (bicyclic) bond motifs is 1. The largest absolute Gasteiger partial charge is 0.396 e. The molecule has 3 N–H and O–H groups in total. The fraction of sp³-hybridized carbons (Fsp3) is 0.438. The van der Waals surface area contributed by atoms with E-state index in [9.17, 15) is 0 Å². The van der Waals surface area contributed by atoms with Crippen LogP contribution in [0, 0.1) is 5.92 Å². The lowest BCUT2D eigenvalue weighted by molar-refractivity contribution is 0.345. The monoisotopic (exact) mass is 272 g/mol. The maximum absolute atomic E-state index is 6.13. The molecule has 1 unspecified atom stereocenters. The van der Waals surface area contributed by atoms with Gasteiger partial charge in [0.1, 0.15) is 0 Å². The zero-order valence-corrected chi connectivity index (χ0v) is 12.7. The van der Waals surface area contributed by atoms with Crippen molar-refractivity contribution in [2.45, 2.75) is 19.9 Å². The van der Waals surface area contributed by atoms with E-state index in [-0.39, 0.29) is 0 Å². The molecule has 1 heterocycles. The Labute approximate surface area is 121 Å². The quantitative estimate of drug-likeness (QED) is 0.879. The van der Waals surface area contributed by atoms with Gasteiger partial charge in [0, 0.05) is 18.0 Å². The van der Waals surface area contributed by atoms with Crippen LogP contribution in [0.1, 0.15) is 13.8 Å². The third-order valence-electron chi connectivity index (χ3n) is 3.50. The SMILES string of the molecule is CC(C)C(CN(C)C)Nc1c(N)cnc2ccccc12. The first-order valence-corrected chi connectivity index (χ1v) is 7.03. The van der Waals surface area contributed by atoms with Crippen LogP contribution < -0.4 is 11.1 Å². The number of nitrogen functional groups attached to an aromatic ring is 1. The van der Waals surface area contributed by atoms with Crippen molar-refractivity contribution in [1.29, 1.82) is 0 Å². The van der Waals surface area contributed by atoms with Crippen LogP contribution in [-0.4, -0.2) is 36.6 Å². The lowest BCUT2D eigenvalue weighted by Crippen LogP contribution is -2.36. The summed E-state index contributed by atoms with van der Waals surface area (Å²) in [5.74, 6) is 0.517. The average molecular weight is 272 g/mol. The number of hydrogen-bond donors (Lipinski definition) is 2. The van der Waals surface area contributed by atoms with Crippen LogP contribution in [0.2, 0.25) is 0 Å². The van der Waals surface area contributed by atoms with Crippen LogP contribution in [0.5, 0.6) is 0 Å². The second kappa shape index (κ2) is 6.09. The number of pyridine rings is 1. The van der Waals surface area contributed by atoms with E-state index in [0.29, 0.717) is 17.6 Å². The van der Waals surface area contributed by atoms with E-state index in [2.05, 4.69) is 49.2 Å². The summed E-state index contributed by atoms with van der Waals surface area (Å²) in [6, 6.07) is 8.43. The highest BCUT2D eigenvalue weighted by molar-refractivity contribution is 5.96. The molecule has 0 saturated carbocycles. The number of likely N-dealkylation sites (N-methyl/N-ethyl adjacent to an activating group) is 1. The molecule has 2 aromatic rings. The van der Waals surface area contributed by atoms with Crippen molar-refractivity contribution in [1.82, 2.24) is 9.88 Å². The van der Waals surface area contributed by atoms with Crippen LogP contribution in [-0.2, 0) is 0 Å². The molecule has 0 radical (unpaired) electrons. The van der Waals surface area contributed by atoms with Crippen LogP contribution in [0.15, 0.2) is 30.5 Å². The second-order valence-corrected chi connectivity index (χ2v) is 5.86. The van der Waals surface area contributed by atoms with Gasteiger partial charge in [-0.3, -0.25) is 4.98 Å². The smallest absolute Gasteiger partial charge is 0.0743 e. The van der Waals surface area contributed by atoms with E-state index >= 15 is 0 Å². The van der Waals surface area contributed by atoms with Gasteiger partial charge >= 0.3 is 0 Å². The molecule has 0 spiro atoms. The first-order chi connectivity index (χ1) is 9.49. The summed E-state index contributed by atoms with van der Waals surface area (Å²) in [4.78, 5) is 6.57. The number of aromatic nitrogens is 1. The number of nitrogens with two attached hydrogens (primary N) is 1. The van der Waals surface area contributed by atoms with Crippen LogP contribution in [0.25, 0.3) is 10.9 Å². The van der Waals surface area contributed by atoms with Crippen LogP contribution in [0.3, 0.4) is 0 Å². The molecule has 1 aromatic heterocycles. The summed E-state index contributed by atoms with van der Waals surface area (Å²) >= 11 is 0. The Morgan fingerprint density at radius 2 is 1.95 bits per heavy atom. The average Bonchev–Trinajstić information content (AvgIpc) is 2.40. The van der Waals surface area contributed by atoms with Crippen LogP contribution >= 0.6 is 0 Å². The van der Waals surface area contributed by atoms with E-state index in [1.807, 2.05) is 18.2 Å². The molecule has 0 aliphatic heterocycles. The van der Waals surface area contributed by atoms with Gasteiger partial charge in [-0.25, -0.2) is 0 Å². The molecule has 4 heteroatoms. The van der Waals surface area contributed by atoms with Gasteiger partial charge in [-0.15, -0.1) is 0 Å². The molecule has 20 heavy (non-hydrogen) atoms. The van der Waals surface area contributed by atoms with Gasteiger partial charge < -0.3 is 16.0 Å². The van der Waals surface area contributed by atoms with Crippen molar-refractivity contribution in [3.63, 3.8) is 0 Å². The van der Waals surface area contributed by atoms with Gasteiger partial charge in [0.15, 0.2) is 0 Å². The highest BCUT2D eigenvalue weighted by Gasteiger charge is 2.17. The maximum Gasteiger partial charge on any atom is 0.0743 e. The Hall–Kier alpha value is -1.81. The topological polar surface area (TPSA) is 54.2 Å². The summed E-state index contributed by atoms with van der Waals surface area (Å²) in [6.45, 7) is 5.41. The molecule has 0 saturated heterocycles. The number of hydrogen-bond acceptors (Lipinski definition) is 4. The van der Waals surface area contributed by atoms with Gasteiger partial charge in [-0.05, 0) is 26.1 Å². The van der Waals surface area contributed by atoms with E-state index in [1.165, 1.54) is 0 Å². The Bertz CT molecular complexity index is 578. The van der Waals surface area contributed by atoms with Gasteiger partial charge in [0.05, 0.1) is 23.1 Å². The number of anilines is 2. The highest BCUT2D eigenvalue weighted by Crippen LogP contribution is 2.29. The molecule has 0 bridgehead atoms. The number of rotatable bonds is 5. The predicted molar refractivity (Wildman–Crippen MR) is 87.0 cm³/mol. The van der Waals surface area contributed by atoms with E-state index in [0.717, 1.165) is 23.1 Å². The second-order valence-electron chi connectivity index (χ2n) is 5.86. The third-order valence-corrected chi connectivity index (χ3v) is 3.50. The minimum Gasteiger partial charge on any atom is -0.396 e. The molecule has 0 aliphatic carbocycles. The predicted octanol–water partition coefficient (Wildman–Crippen LogP) is 2.82. The number of benzene rings is 1. The Morgan fingerprint density at radius 3 is 2.60 bits per heavy atom. The Balaban J connectivity index is 2.38. The molecule has 108 valence electrons. The molecule has 0 amide bonds. The molecular formula is C16H24N4. The Kier molecular flexibility index (Phi) is 4.45. The molecular weight excluding hydrogens is 248 g/mol. The molecule has 2 rings (SSSR count). The highest BCUT2D eigenvalue weighted by atomic mass is 15.1. The first kappa shape index (κ1) is 14.6. The minimum absolute atomic E-state index is 0.345. The van der Waals surface area contributed by atoms with Crippen molar-refractivity contribution < 1.29 is 0 Å². The standard InChI is InChI=1S/C16H24N4/c1-11(2)15(10-20(3)4)19-16-12-7-5-6-8-14(12)18-9-13(16)17/h5-9,11,15H,10,17H2,1-4H3,(H,18,19). The van der Waals surface area contributed by atoms with Crippen molar-refractivity contribution in [2.75, 3.05) is 31.7 Å². The summed E-state index contributed by atoms with van der Waals surface area (Å²) in [5.41, 5.74) is 8.79. The lowest BCUT2D eigenvalue weighted by atomic mass is 10.0. The van der Waals surface area contributed by atoms with Gasteiger partial charge in [-0.1, -0.05) is 32.0 Å². The lowest BCUT2D eigenvalue weighted by Gasteiger charge is -2.27. The fourth-order valence-corrected chi connectivity index (χ4v) is 2.32. The van der Waals surface area contributed by atoms with Crippen molar-refractivity contribution in [2.24, 2.45) is 5.92 Å². The van der Waals surface area contributed by atoms with Crippen LogP contribution in [0.4, 0.5) is 11.4 Å². The summed E-state index contributed by atoms with van der Waals surface area (Å²) in [5, 5.41) is 4.69. The van der Waals surface area contributed by atoms with Gasteiger partial charge in [0.25, 0.3) is 0 Å². The summed E-state index contributed by atoms with van der Waals surface area (Å²) in [6.07, 6.45) is 1.73. The molecule has 0 aliphatic rings. The summed E-state index contributed by atoms with van der Waals surface area (Å²) in [7, 11) is 4.18.